The van der Waals surface area contributed by atoms with Gasteiger partial charge in [0.25, 0.3) is 0 Å². The lowest BCUT2D eigenvalue weighted by atomic mass is 9.99. The van der Waals surface area contributed by atoms with Crippen LogP contribution in [-0.2, 0) is 0 Å². The highest BCUT2D eigenvalue weighted by atomic mass is 32.1. The summed E-state index contributed by atoms with van der Waals surface area (Å²) < 4.78 is 19.6. The van der Waals surface area contributed by atoms with Crippen LogP contribution >= 0.6 is 11.3 Å². The summed E-state index contributed by atoms with van der Waals surface area (Å²) >= 11 is 1.82. The standard InChI is InChI=1S/C47H32FN3SSi/c48-45(33-15-13-14-32(30-33)39-21-9-11-28-49-39)34-24-26-42-40(31-34)51(44-23-10-12-29-50-44)46-43(27-25-38-37-20-7-8-22-41(37)52-47(38)46)53(42,35-16-3-1-4-17-35)36-18-5-2-6-19-36/h1-31,45H. The summed E-state index contributed by atoms with van der Waals surface area (Å²) in [7, 11) is -3.00. The minimum atomic E-state index is -3.00. The van der Waals surface area contributed by atoms with Crippen LogP contribution in [0.1, 0.15) is 17.3 Å². The molecule has 1 aliphatic heterocycles. The minimum absolute atomic E-state index is 0.593. The number of alkyl halides is 1. The van der Waals surface area contributed by atoms with E-state index in [9.17, 15) is 0 Å². The second-order valence-electron chi connectivity index (χ2n) is 13.4. The second-order valence-corrected chi connectivity index (χ2v) is 18.2. The van der Waals surface area contributed by atoms with Crippen LogP contribution in [0, 0.1) is 0 Å². The zero-order chi connectivity index (χ0) is 35.4. The fraction of sp³-hybridized carbons (Fsp3) is 0.0213. The van der Waals surface area contributed by atoms with Gasteiger partial charge in [0.1, 0.15) is 5.82 Å². The lowest BCUT2D eigenvalue weighted by Crippen LogP contribution is -2.77. The summed E-state index contributed by atoms with van der Waals surface area (Å²) in [4.78, 5) is 11.8. The van der Waals surface area contributed by atoms with E-state index in [0.29, 0.717) is 11.1 Å². The van der Waals surface area contributed by atoms with E-state index < -0.39 is 14.2 Å². The third-order valence-electron chi connectivity index (χ3n) is 10.5. The molecule has 6 aromatic carbocycles. The Labute approximate surface area is 312 Å². The Hall–Kier alpha value is -6.21. The molecule has 3 nitrogen and oxygen atoms in total. The molecule has 0 fully saturated rings. The van der Waals surface area contributed by atoms with Crippen LogP contribution in [-0.4, -0.2) is 18.0 Å². The van der Waals surface area contributed by atoms with Crippen molar-refractivity contribution in [2.24, 2.45) is 0 Å². The van der Waals surface area contributed by atoms with Gasteiger partial charge < -0.3 is 0 Å². The summed E-state index contributed by atoms with van der Waals surface area (Å²) in [5, 5.41) is 7.50. The molecule has 0 N–H and O–H groups in total. The molecule has 53 heavy (non-hydrogen) atoms. The molecule has 0 aliphatic carbocycles. The maximum atomic E-state index is 17.1. The number of benzene rings is 6. The summed E-state index contributed by atoms with van der Waals surface area (Å²) in [5.74, 6) is 0.799. The van der Waals surface area contributed by atoms with Crippen LogP contribution in [0.25, 0.3) is 31.4 Å². The molecule has 0 saturated heterocycles. The Kier molecular flexibility index (Phi) is 7.60. The number of halogens is 1. The predicted octanol–water partition coefficient (Wildman–Crippen LogP) is 9.73. The summed E-state index contributed by atoms with van der Waals surface area (Å²) in [6.45, 7) is 0. The number of aromatic nitrogens is 2. The minimum Gasteiger partial charge on any atom is -0.294 e. The van der Waals surface area contributed by atoms with Gasteiger partial charge in [0.05, 0.1) is 16.1 Å². The van der Waals surface area contributed by atoms with Crippen LogP contribution in [0.5, 0.6) is 0 Å². The fourth-order valence-corrected chi connectivity index (χ4v) is 14.7. The number of hydrogen-bond donors (Lipinski definition) is 0. The van der Waals surface area contributed by atoms with E-state index in [1.54, 1.807) is 6.20 Å². The Bertz CT molecular complexity index is 2720. The topological polar surface area (TPSA) is 29.0 Å². The maximum absolute atomic E-state index is 17.1. The zero-order valence-corrected chi connectivity index (χ0v) is 30.4. The summed E-state index contributed by atoms with van der Waals surface area (Å²) in [5.41, 5.74) is 4.98. The smallest absolute Gasteiger partial charge is 0.184 e. The molecule has 9 aromatic rings. The van der Waals surface area contributed by atoms with Crippen molar-refractivity contribution in [1.29, 1.82) is 0 Å². The molecule has 1 aliphatic rings. The molecule has 10 rings (SSSR count). The van der Waals surface area contributed by atoms with Crippen LogP contribution < -0.4 is 25.6 Å². The molecule has 0 bridgehead atoms. The van der Waals surface area contributed by atoms with Gasteiger partial charge >= 0.3 is 0 Å². The number of thiophene rings is 1. The van der Waals surface area contributed by atoms with Crippen LogP contribution in [0.15, 0.2) is 188 Å². The summed E-state index contributed by atoms with van der Waals surface area (Å²) in [6.07, 6.45) is 2.25. The van der Waals surface area contributed by atoms with E-state index in [0.717, 1.165) is 28.5 Å². The second kappa shape index (κ2) is 12.8. The van der Waals surface area contributed by atoms with Gasteiger partial charge in [-0.1, -0.05) is 133 Å². The fourth-order valence-electron chi connectivity index (χ4n) is 8.24. The van der Waals surface area contributed by atoms with E-state index in [1.165, 1.54) is 40.9 Å². The predicted molar refractivity (Wildman–Crippen MR) is 222 cm³/mol. The van der Waals surface area contributed by atoms with Crippen molar-refractivity contribution in [3.8, 4) is 11.3 Å². The zero-order valence-electron chi connectivity index (χ0n) is 28.6. The highest BCUT2D eigenvalue weighted by Crippen LogP contribution is 2.47. The Morgan fingerprint density at radius 3 is 1.96 bits per heavy atom. The molecule has 0 spiro atoms. The molecular weight excluding hydrogens is 686 g/mol. The maximum Gasteiger partial charge on any atom is 0.184 e. The Balaban J connectivity index is 1.30. The number of fused-ring (bicyclic) bond motifs is 6. The van der Waals surface area contributed by atoms with Crippen molar-refractivity contribution in [3.05, 3.63) is 199 Å². The van der Waals surface area contributed by atoms with Crippen molar-refractivity contribution in [2.75, 3.05) is 4.90 Å². The molecule has 6 heteroatoms. The molecule has 3 aromatic heterocycles. The van der Waals surface area contributed by atoms with Gasteiger partial charge in [0, 0.05) is 39.1 Å². The Morgan fingerprint density at radius 1 is 0.547 bits per heavy atom. The van der Waals surface area contributed by atoms with E-state index in [-0.39, 0.29) is 0 Å². The molecular formula is C47H32FN3SSi. The van der Waals surface area contributed by atoms with Crippen LogP contribution in [0.2, 0.25) is 0 Å². The van der Waals surface area contributed by atoms with Crippen molar-refractivity contribution >= 4 is 77.5 Å². The van der Waals surface area contributed by atoms with Gasteiger partial charge in [-0.05, 0) is 74.3 Å². The molecule has 0 amide bonds. The van der Waals surface area contributed by atoms with Gasteiger partial charge in [-0.15, -0.1) is 11.3 Å². The van der Waals surface area contributed by atoms with E-state index in [2.05, 4.69) is 125 Å². The molecule has 252 valence electrons. The molecule has 0 radical (unpaired) electrons. The quantitative estimate of drug-likeness (QED) is 0.161. The number of nitrogens with zero attached hydrogens (tertiary/aromatic N) is 3. The highest BCUT2D eigenvalue weighted by Gasteiger charge is 2.50. The largest absolute Gasteiger partial charge is 0.294 e. The SMILES string of the molecule is FC(c1cccc(-c2ccccn2)c1)c1ccc2c(c1)N(c1ccccn1)c1c(ccc3c1sc1ccccc13)[Si]2(c1ccccc1)c1ccccc1. The first-order valence-electron chi connectivity index (χ1n) is 17.8. The highest BCUT2D eigenvalue weighted by molar-refractivity contribution is 7.27. The van der Waals surface area contributed by atoms with Gasteiger partial charge in [0.2, 0.25) is 0 Å². The first-order chi connectivity index (χ1) is 26.2. The van der Waals surface area contributed by atoms with Crippen molar-refractivity contribution < 1.29 is 4.39 Å². The van der Waals surface area contributed by atoms with Crippen LogP contribution in [0.3, 0.4) is 0 Å². The number of hydrogen-bond acceptors (Lipinski definition) is 4. The third kappa shape index (κ3) is 4.98. The van der Waals surface area contributed by atoms with Crippen LogP contribution in [0.4, 0.5) is 21.6 Å². The van der Waals surface area contributed by atoms with Gasteiger partial charge in [0.15, 0.2) is 14.2 Å². The van der Waals surface area contributed by atoms with Gasteiger partial charge in [-0.2, -0.15) is 0 Å². The first kappa shape index (κ1) is 31.5. The normalized spacial score (nSPS) is 13.8. The third-order valence-corrected chi connectivity index (χ3v) is 16.6. The van der Waals surface area contributed by atoms with E-state index in [4.69, 9.17) is 4.98 Å². The summed E-state index contributed by atoms with van der Waals surface area (Å²) in [6, 6.07) is 61.1. The lowest BCUT2D eigenvalue weighted by Gasteiger charge is -2.45. The molecule has 1 unspecified atom stereocenters. The van der Waals surface area contributed by atoms with Crippen molar-refractivity contribution in [3.63, 3.8) is 0 Å². The average Bonchev–Trinajstić information content (AvgIpc) is 3.63. The Morgan fingerprint density at radius 2 is 1.23 bits per heavy atom. The molecule has 0 saturated carbocycles. The van der Waals surface area contributed by atoms with Crippen molar-refractivity contribution in [1.82, 2.24) is 9.97 Å². The number of pyridine rings is 2. The first-order valence-corrected chi connectivity index (χ1v) is 20.6. The molecule has 1 atom stereocenters. The van der Waals surface area contributed by atoms with E-state index in [1.807, 2.05) is 78.2 Å². The van der Waals surface area contributed by atoms with Gasteiger partial charge in [-0.3, -0.25) is 9.88 Å². The number of anilines is 3. The van der Waals surface area contributed by atoms with E-state index >= 15 is 4.39 Å². The van der Waals surface area contributed by atoms with Gasteiger partial charge in [-0.25, -0.2) is 9.37 Å². The average molecular weight is 718 g/mol. The van der Waals surface area contributed by atoms with Crippen molar-refractivity contribution in [2.45, 2.75) is 6.17 Å². The molecule has 4 heterocycles. The number of rotatable bonds is 6. The lowest BCUT2D eigenvalue weighted by molar-refractivity contribution is 0.402. The monoisotopic (exact) mass is 717 g/mol.